The number of nitrogens with one attached hydrogen (secondary N) is 2. The monoisotopic (exact) mass is 340 g/mol. The minimum atomic E-state index is -4.40. The maximum absolute atomic E-state index is 12.6. The number of carbonyl (C=O) groups excluding carboxylic acids is 1. The van der Waals surface area contributed by atoms with Crippen LogP contribution in [0.25, 0.3) is 0 Å². The zero-order valence-corrected chi connectivity index (χ0v) is 13.0. The highest BCUT2D eigenvalue weighted by Gasteiger charge is 2.30. The molecule has 4 nitrogen and oxygen atoms in total. The summed E-state index contributed by atoms with van der Waals surface area (Å²) in [5.41, 5.74) is -0.507. The Morgan fingerprint density at radius 1 is 1.25 bits per heavy atom. The molecule has 1 aliphatic rings. The molecular weight excluding hydrogens is 321 g/mol. The minimum absolute atomic E-state index is 0.0322. The van der Waals surface area contributed by atoms with Gasteiger partial charge in [0.05, 0.1) is 18.2 Å². The van der Waals surface area contributed by atoms with Crippen LogP contribution in [0.15, 0.2) is 24.3 Å². The second-order valence-corrected chi connectivity index (χ2v) is 5.71. The SMILES string of the molecule is O=C(NCC#Cc1cccc(C(F)(F)F)c1)NC1CCC(O)CC1. The molecule has 0 spiro atoms. The van der Waals surface area contributed by atoms with E-state index >= 15 is 0 Å². The van der Waals surface area contributed by atoms with E-state index in [-0.39, 0.29) is 30.3 Å². The number of rotatable bonds is 2. The number of aliphatic hydroxyl groups is 1. The number of aliphatic hydroxyl groups excluding tert-OH is 1. The Morgan fingerprint density at radius 3 is 2.62 bits per heavy atom. The predicted octanol–water partition coefficient (Wildman–Crippen LogP) is 2.66. The quantitative estimate of drug-likeness (QED) is 0.725. The fraction of sp³-hybridized carbons (Fsp3) is 0.471. The van der Waals surface area contributed by atoms with Crippen molar-refractivity contribution >= 4 is 6.03 Å². The van der Waals surface area contributed by atoms with Crippen molar-refractivity contribution in [2.45, 2.75) is 44.0 Å². The molecule has 0 aromatic heterocycles. The van der Waals surface area contributed by atoms with Crippen molar-refractivity contribution in [3.8, 4) is 11.8 Å². The number of amides is 2. The zero-order chi connectivity index (χ0) is 17.6. The van der Waals surface area contributed by atoms with Gasteiger partial charge in [0.15, 0.2) is 0 Å². The highest BCUT2D eigenvalue weighted by molar-refractivity contribution is 5.74. The van der Waals surface area contributed by atoms with Gasteiger partial charge in [0, 0.05) is 11.6 Å². The number of benzene rings is 1. The number of carbonyl (C=O) groups is 1. The van der Waals surface area contributed by atoms with E-state index in [1.165, 1.54) is 12.1 Å². The number of hydrogen-bond donors (Lipinski definition) is 3. The van der Waals surface area contributed by atoms with Gasteiger partial charge in [-0.25, -0.2) is 4.79 Å². The Hall–Kier alpha value is -2.20. The molecule has 1 aliphatic carbocycles. The average Bonchev–Trinajstić information content (AvgIpc) is 2.53. The van der Waals surface area contributed by atoms with Crippen molar-refractivity contribution in [3.63, 3.8) is 0 Å². The maximum atomic E-state index is 12.6. The van der Waals surface area contributed by atoms with Crippen LogP contribution in [-0.2, 0) is 6.18 Å². The molecule has 1 aromatic rings. The topological polar surface area (TPSA) is 61.4 Å². The molecule has 0 saturated heterocycles. The molecular formula is C17H19F3N2O2. The Morgan fingerprint density at radius 2 is 1.96 bits per heavy atom. The van der Waals surface area contributed by atoms with Crippen LogP contribution >= 0.6 is 0 Å². The lowest BCUT2D eigenvalue weighted by Crippen LogP contribution is -2.44. The third kappa shape index (κ3) is 5.78. The molecule has 0 atom stereocenters. The van der Waals surface area contributed by atoms with Crippen LogP contribution in [0.4, 0.5) is 18.0 Å². The molecule has 1 aromatic carbocycles. The van der Waals surface area contributed by atoms with E-state index in [1.54, 1.807) is 0 Å². The molecule has 2 rings (SSSR count). The van der Waals surface area contributed by atoms with Crippen molar-refractivity contribution in [3.05, 3.63) is 35.4 Å². The van der Waals surface area contributed by atoms with E-state index in [1.807, 2.05) is 0 Å². The lowest BCUT2D eigenvalue weighted by molar-refractivity contribution is -0.137. The van der Waals surface area contributed by atoms with Gasteiger partial charge in [-0.3, -0.25) is 0 Å². The third-order valence-corrected chi connectivity index (χ3v) is 3.79. The Balaban J connectivity index is 1.78. The molecule has 3 N–H and O–H groups in total. The van der Waals surface area contributed by atoms with Gasteiger partial charge < -0.3 is 15.7 Å². The van der Waals surface area contributed by atoms with Crippen molar-refractivity contribution in [2.75, 3.05) is 6.54 Å². The van der Waals surface area contributed by atoms with Gasteiger partial charge in [-0.2, -0.15) is 13.2 Å². The summed E-state index contributed by atoms with van der Waals surface area (Å²) >= 11 is 0. The molecule has 2 amide bonds. The van der Waals surface area contributed by atoms with E-state index in [4.69, 9.17) is 0 Å². The molecule has 1 saturated carbocycles. The highest BCUT2D eigenvalue weighted by Crippen LogP contribution is 2.29. The molecule has 0 aliphatic heterocycles. The summed E-state index contributed by atoms with van der Waals surface area (Å²) in [5, 5.41) is 14.7. The van der Waals surface area contributed by atoms with Crippen molar-refractivity contribution in [1.29, 1.82) is 0 Å². The minimum Gasteiger partial charge on any atom is -0.393 e. The van der Waals surface area contributed by atoms with Crippen LogP contribution in [0, 0.1) is 11.8 Å². The lowest BCUT2D eigenvalue weighted by Gasteiger charge is -2.26. The molecule has 7 heteroatoms. The van der Waals surface area contributed by atoms with Crippen LogP contribution in [0.5, 0.6) is 0 Å². The normalized spacial score (nSPS) is 20.7. The molecule has 1 fully saturated rings. The molecule has 0 heterocycles. The van der Waals surface area contributed by atoms with Gasteiger partial charge in [0.1, 0.15) is 0 Å². The smallest absolute Gasteiger partial charge is 0.393 e. The molecule has 0 unspecified atom stereocenters. The highest BCUT2D eigenvalue weighted by atomic mass is 19.4. The summed E-state index contributed by atoms with van der Waals surface area (Å²) in [4.78, 5) is 11.7. The Labute approximate surface area is 138 Å². The summed E-state index contributed by atoms with van der Waals surface area (Å²) < 4.78 is 37.7. The van der Waals surface area contributed by atoms with Gasteiger partial charge in [-0.05, 0) is 43.9 Å². The van der Waals surface area contributed by atoms with Crippen LogP contribution in [0.1, 0.15) is 36.8 Å². The van der Waals surface area contributed by atoms with Crippen molar-refractivity contribution < 1.29 is 23.1 Å². The van der Waals surface area contributed by atoms with E-state index in [9.17, 15) is 23.1 Å². The second kappa shape index (κ2) is 8.06. The Kier molecular flexibility index (Phi) is 6.10. The summed E-state index contributed by atoms with van der Waals surface area (Å²) in [6.07, 6.45) is -1.90. The van der Waals surface area contributed by atoms with E-state index in [0.29, 0.717) is 12.8 Å². The fourth-order valence-electron chi connectivity index (χ4n) is 2.50. The number of alkyl halides is 3. The fourth-order valence-corrected chi connectivity index (χ4v) is 2.50. The number of halogens is 3. The van der Waals surface area contributed by atoms with Crippen molar-refractivity contribution in [1.82, 2.24) is 10.6 Å². The third-order valence-electron chi connectivity index (χ3n) is 3.79. The van der Waals surface area contributed by atoms with E-state index in [2.05, 4.69) is 22.5 Å². The first-order valence-corrected chi connectivity index (χ1v) is 7.73. The second-order valence-electron chi connectivity index (χ2n) is 5.71. The summed E-state index contributed by atoms with van der Waals surface area (Å²) in [6.45, 7) is 0.0391. The summed E-state index contributed by atoms with van der Waals surface area (Å²) in [5.74, 6) is 5.22. The number of hydrogen-bond acceptors (Lipinski definition) is 2. The van der Waals surface area contributed by atoms with Crippen LogP contribution in [0.2, 0.25) is 0 Å². The van der Waals surface area contributed by atoms with Crippen LogP contribution in [0.3, 0.4) is 0 Å². The first kappa shape index (κ1) is 18.1. The first-order valence-electron chi connectivity index (χ1n) is 7.73. The van der Waals surface area contributed by atoms with Gasteiger partial charge in [-0.1, -0.05) is 17.9 Å². The van der Waals surface area contributed by atoms with E-state index < -0.39 is 11.7 Å². The van der Waals surface area contributed by atoms with Crippen LogP contribution < -0.4 is 10.6 Å². The van der Waals surface area contributed by atoms with Gasteiger partial charge >= 0.3 is 12.2 Å². The zero-order valence-electron chi connectivity index (χ0n) is 13.0. The number of urea groups is 1. The molecule has 0 radical (unpaired) electrons. The maximum Gasteiger partial charge on any atom is 0.416 e. The molecule has 0 bridgehead atoms. The van der Waals surface area contributed by atoms with Gasteiger partial charge in [0.25, 0.3) is 0 Å². The van der Waals surface area contributed by atoms with Crippen LogP contribution in [-0.4, -0.2) is 29.8 Å². The summed E-state index contributed by atoms with van der Waals surface area (Å²) in [7, 11) is 0. The van der Waals surface area contributed by atoms with E-state index in [0.717, 1.165) is 25.0 Å². The lowest BCUT2D eigenvalue weighted by atomic mass is 9.93. The summed E-state index contributed by atoms with van der Waals surface area (Å²) in [6, 6.07) is 4.40. The molecule has 130 valence electrons. The van der Waals surface area contributed by atoms with Gasteiger partial charge in [0.2, 0.25) is 0 Å². The van der Waals surface area contributed by atoms with Gasteiger partial charge in [-0.15, -0.1) is 0 Å². The largest absolute Gasteiger partial charge is 0.416 e. The Bertz CT molecular complexity index is 627. The molecule has 24 heavy (non-hydrogen) atoms. The standard InChI is InChI=1S/C17H19F3N2O2/c18-17(19,20)13-5-1-3-12(11-13)4-2-10-21-16(24)22-14-6-8-15(23)9-7-14/h1,3,5,11,14-15,23H,6-10H2,(H2,21,22,24). The van der Waals surface area contributed by atoms with Crippen molar-refractivity contribution in [2.24, 2.45) is 0 Å². The predicted molar refractivity (Wildman–Crippen MR) is 83.1 cm³/mol. The average molecular weight is 340 g/mol. The first-order chi connectivity index (χ1) is 11.3.